The number of carbonyl (C=O) groups is 2. The monoisotopic (exact) mass is 601 g/mol. The van der Waals surface area contributed by atoms with Crippen LogP contribution in [0.2, 0.25) is 0 Å². The number of aliphatic hydroxyl groups excluding tert-OH is 2. The summed E-state index contributed by atoms with van der Waals surface area (Å²) in [6.07, 6.45) is 33.6. The lowest BCUT2D eigenvalue weighted by Gasteiger charge is -2.07. The first-order valence-electron chi connectivity index (χ1n) is 18.1. The van der Waals surface area contributed by atoms with Gasteiger partial charge in [0.2, 0.25) is 0 Å². The van der Waals surface area contributed by atoms with Crippen LogP contribution in [0, 0.1) is 0 Å². The smallest absolute Gasteiger partial charge is 0.305 e. The molecular weight excluding hydrogens is 528 g/mol. The number of hydrogen-bond acceptors (Lipinski definition) is 4. The van der Waals surface area contributed by atoms with Gasteiger partial charge in [-0.3, -0.25) is 9.59 Å². The summed E-state index contributed by atoms with van der Waals surface area (Å²) in [6.45, 7) is 4.51. The van der Waals surface area contributed by atoms with E-state index in [0.29, 0.717) is 12.8 Å². The molecule has 0 aromatic heterocycles. The average Bonchev–Trinajstić information content (AvgIpc) is 2.93. The van der Waals surface area contributed by atoms with Crippen LogP contribution in [0.5, 0.6) is 0 Å². The molecule has 6 nitrogen and oxygen atoms in total. The maximum absolute atomic E-state index is 10.4. The molecule has 252 valence electrons. The van der Waals surface area contributed by atoms with Crippen molar-refractivity contribution in [3.05, 3.63) is 0 Å². The summed E-state index contributed by atoms with van der Waals surface area (Å²) >= 11 is 0. The maximum atomic E-state index is 10.4. The predicted molar refractivity (Wildman–Crippen MR) is 177 cm³/mol. The molecule has 0 aliphatic heterocycles. The first-order valence-corrected chi connectivity index (χ1v) is 18.1. The summed E-state index contributed by atoms with van der Waals surface area (Å²) in [6, 6.07) is 0. The molecule has 2 unspecified atom stereocenters. The third kappa shape index (κ3) is 41.0. The zero-order valence-electron chi connectivity index (χ0n) is 28.0. The van der Waals surface area contributed by atoms with E-state index < -0.39 is 24.1 Å². The quantitative estimate of drug-likeness (QED) is 0.0571. The fourth-order valence-corrected chi connectivity index (χ4v) is 5.40. The maximum Gasteiger partial charge on any atom is 0.305 e. The Morgan fingerprint density at radius 2 is 0.571 bits per heavy atom. The van der Waals surface area contributed by atoms with Crippen LogP contribution in [0.3, 0.4) is 0 Å². The largest absolute Gasteiger partial charge is 0.481 e. The molecule has 0 radical (unpaired) electrons. The Kier molecular flexibility index (Phi) is 36.9. The summed E-state index contributed by atoms with van der Waals surface area (Å²) < 4.78 is 0. The van der Waals surface area contributed by atoms with Gasteiger partial charge in [0, 0.05) is 0 Å². The van der Waals surface area contributed by atoms with Crippen molar-refractivity contribution < 1.29 is 30.0 Å². The van der Waals surface area contributed by atoms with Gasteiger partial charge in [-0.2, -0.15) is 0 Å². The van der Waals surface area contributed by atoms with Gasteiger partial charge in [0.1, 0.15) is 0 Å². The lowest BCUT2D eigenvalue weighted by molar-refractivity contribution is -0.140. The standard InChI is InChI=1S/2C18H36O3/c2*1-2-3-4-5-6-7-8-9-10-11-12-13-14-15-17(19)16-18(20)21/h2*17,19H,2-16H2,1H3,(H,20,21). The van der Waals surface area contributed by atoms with Gasteiger partial charge in [0.05, 0.1) is 25.0 Å². The summed E-state index contributed by atoms with van der Waals surface area (Å²) in [7, 11) is 0. The highest BCUT2D eigenvalue weighted by Gasteiger charge is 2.09. The number of unbranched alkanes of at least 4 members (excludes halogenated alkanes) is 24. The van der Waals surface area contributed by atoms with E-state index in [-0.39, 0.29) is 12.8 Å². The number of aliphatic carboxylic acids is 2. The van der Waals surface area contributed by atoms with Crippen LogP contribution in [0.1, 0.15) is 206 Å². The van der Waals surface area contributed by atoms with E-state index in [1.54, 1.807) is 0 Å². The summed E-state index contributed by atoms with van der Waals surface area (Å²) in [5.41, 5.74) is 0. The van der Waals surface area contributed by atoms with Gasteiger partial charge in [0.15, 0.2) is 0 Å². The first-order chi connectivity index (χ1) is 20.3. The van der Waals surface area contributed by atoms with Crippen LogP contribution in [0.15, 0.2) is 0 Å². The summed E-state index contributed by atoms with van der Waals surface area (Å²) in [5, 5.41) is 35.9. The van der Waals surface area contributed by atoms with E-state index in [9.17, 15) is 19.8 Å². The van der Waals surface area contributed by atoms with E-state index >= 15 is 0 Å². The fraction of sp³-hybridized carbons (Fsp3) is 0.944. The molecule has 0 amide bonds. The number of rotatable bonds is 32. The van der Waals surface area contributed by atoms with Crippen molar-refractivity contribution in [2.75, 3.05) is 0 Å². The number of carboxylic acids is 2. The molecule has 0 heterocycles. The van der Waals surface area contributed by atoms with Crippen LogP contribution in [0.25, 0.3) is 0 Å². The molecule has 0 aromatic rings. The molecule has 0 rings (SSSR count). The summed E-state index contributed by atoms with van der Waals surface area (Å²) in [5.74, 6) is -1.81. The Morgan fingerprint density at radius 1 is 0.381 bits per heavy atom. The highest BCUT2D eigenvalue weighted by atomic mass is 16.4. The van der Waals surface area contributed by atoms with Gasteiger partial charge in [0.25, 0.3) is 0 Å². The van der Waals surface area contributed by atoms with Crippen molar-refractivity contribution >= 4 is 11.9 Å². The minimum atomic E-state index is -0.905. The third-order valence-electron chi connectivity index (χ3n) is 8.10. The minimum absolute atomic E-state index is 0.113. The number of carboxylic acid groups (broad SMARTS) is 2. The van der Waals surface area contributed by atoms with Gasteiger partial charge in [-0.25, -0.2) is 0 Å². The Bertz CT molecular complexity index is 505. The Hall–Kier alpha value is -1.14. The normalized spacial score (nSPS) is 12.5. The van der Waals surface area contributed by atoms with E-state index in [4.69, 9.17) is 10.2 Å². The molecule has 0 spiro atoms. The van der Waals surface area contributed by atoms with E-state index in [2.05, 4.69) is 13.8 Å². The molecule has 0 aromatic carbocycles. The van der Waals surface area contributed by atoms with Crippen molar-refractivity contribution in [1.29, 1.82) is 0 Å². The van der Waals surface area contributed by atoms with Gasteiger partial charge in [-0.05, 0) is 12.8 Å². The molecule has 0 aliphatic carbocycles. The van der Waals surface area contributed by atoms with Crippen LogP contribution >= 0.6 is 0 Å². The van der Waals surface area contributed by atoms with Crippen LogP contribution in [-0.2, 0) is 9.59 Å². The van der Waals surface area contributed by atoms with Crippen molar-refractivity contribution in [2.45, 2.75) is 219 Å². The molecule has 0 fully saturated rings. The first kappa shape index (κ1) is 43.0. The van der Waals surface area contributed by atoms with Crippen LogP contribution in [0.4, 0.5) is 0 Å². The topological polar surface area (TPSA) is 115 Å². The molecule has 0 saturated heterocycles. The second-order valence-electron chi connectivity index (χ2n) is 12.6. The molecule has 0 bridgehead atoms. The van der Waals surface area contributed by atoms with Crippen molar-refractivity contribution in [2.24, 2.45) is 0 Å². The Labute approximate surface area is 260 Å². The predicted octanol–water partition coefficient (Wildman–Crippen LogP) is 10.6. The molecule has 0 saturated carbocycles. The number of aliphatic hydroxyl groups is 2. The second-order valence-corrected chi connectivity index (χ2v) is 12.6. The molecule has 2 atom stereocenters. The summed E-state index contributed by atoms with van der Waals surface area (Å²) in [4.78, 5) is 20.8. The molecular formula is C36H72O6. The SMILES string of the molecule is CCCCCCCCCCCCCCCC(O)CC(=O)O.CCCCCCCCCCCCCCCC(O)CC(=O)O. The average molecular weight is 601 g/mol. The second kappa shape index (κ2) is 36.1. The van der Waals surface area contributed by atoms with E-state index in [1.165, 1.54) is 141 Å². The lowest BCUT2D eigenvalue weighted by Crippen LogP contribution is -2.12. The fourth-order valence-electron chi connectivity index (χ4n) is 5.40. The Balaban J connectivity index is 0. The lowest BCUT2D eigenvalue weighted by atomic mass is 10.0. The molecule has 42 heavy (non-hydrogen) atoms. The third-order valence-corrected chi connectivity index (χ3v) is 8.10. The highest BCUT2D eigenvalue weighted by molar-refractivity contribution is 5.67. The van der Waals surface area contributed by atoms with Gasteiger partial charge >= 0.3 is 11.9 Å². The van der Waals surface area contributed by atoms with E-state index in [0.717, 1.165) is 25.7 Å². The molecule has 4 N–H and O–H groups in total. The van der Waals surface area contributed by atoms with Crippen molar-refractivity contribution in [3.63, 3.8) is 0 Å². The van der Waals surface area contributed by atoms with Gasteiger partial charge in [-0.1, -0.05) is 181 Å². The minimum Gasteiger partial charge on any atom is -0.481 e. The zero-order chi connectivity index (χ0) is 31.5. The number of hydrogen-bond donors (Lipinski definition) is 4. The van der Waals surface area contributed by atoms with Crippen molar-refractivity contribution in [3.8, 4) is 0 Å². The van der Waals surface area contributed by atoms with E-state index in [1.807, 2.05) is 0 Å². The van der Waals surface area contributed by atoms with Gasteiger partial charge < -0.3 is 20.4 Å². The molecule has 6 heteroatoms. The van der Waals surface area contributed by atoms with Crippen molar-refractivity contribution in [1.82, 2.24) is 0 Å². The van der Waals surface area contributed by atoms with Crippen LogP contribution < -0.4 is 0 Å². The zero-order valence-corrected chi connectivity index (χ0v) is 28.0. The van der Waals surface area contributed by atoms with Gasteiger partial charge in [-0.15, -0.1) is 0 Å². The Morgan fingerprint density at radius 3 is 0.762 bits per heavy atom. The van der Waals surface area contributed by atoms with Crippen LogP contribution in [-0.4, -0.2) is 44.6 Å². The highest BCUT2D eigenvalue weighted by Crippen LogP contribution is 2.15. The molecule has 0 aliphatic rings.